The van der Waals surface area contributed by atoms with E-state index < -0.39 is 8.32 Å². The summed E-state index contributed by atoms with van der Waals surface area (Å²) in [4.78, 5) is 11.6. The zero-order valence-electron chi connectivity index (χ0n) is 11.6. The Morgan fingerprint density at radius 3 is 0.952 bits per heavy atom. The Hall–Kier alpha value is -1.45. The second-order valence-corrected chi connectivity index (χ2v) is 7.96. The number of hydrogen-bond donors (Lipinski definition) is 1. The van der Waals surface area contributed by atoms with E-state index in [1.807, 2.05) is 91.0 Å². The molecule has 0 bridgehead atoms. The van der Waals surface area contributed by atoms with Crippen molar-refractivity contribution in [3.63, 3.8) is 0 Å². The third kappa shape index (κ3) is 3.09. The van der Waals surface area contributed by atoms with Gasteiger partial charge in [0.25, 0.3) is 8.32 Å². The Labute approximate surface area is 141 Å². The van der Waals surface area contributed by atoms with Crippen LogP contribution in [-0.4, -0.2) is 13.1 Å². The molecule has 0 radical (unpaired) electrons. The van der Waals surface area contributed by atoms with Crippen molar-refractivity contribution in [2.24, 2.45) is 0 Å². The monoisotopic (exact) mass is 324 g/mol. The fourth-order valence-electron chi connectivity index (χ4n) is 2.54. The van der Waals surface area contributed by atoms with Crippen LogP contribution in [0, 0.1) is 0 Å². The van der Waals surface area contributed by atoms with Gasteiger partial charge in [0.2, 0.25) is 0 Å². The predicted molar refractivity (Wildman–Crippen MR) is 86.2 cm³/mol. The topological polar surface area (TPSA) is 20.2 Å². The van der Waals surface area contributed by atoms with E-state index in [0.29, 0.717) is 0 Å². The minimum atomic E-state index is -2.88. The van der Waals surface area contributed by atoms with Crippen LogP contribution >= 0.6 is 0 Å². The molecule has 3 rings (SSSR count). The standard InChI is InChI=1S/C18H16OSi.Ti/c19-20(16-10-4-1-5-11-16,17-12-6-2-7-13-17)18-14-8-3-9-15-18;/h1-15,19H;. The Kier molecular flexibility index (Phi) is 5.32. The first-order valence-corrected chi connectivity index (χ1v) is 8.65. The summed E-state index contributed by atoms with van der Waals surface area (Å²) < 4.78 is 0. The Morgan fingerprint density at radius 1 is 0.476 bits per heavy atom. The van der Waals surface area contributed by atoms with Gasteiger partial charge in [0, 0.05) is 21.7 Å². The van der Waals surface area contributed by atoms with Crippen molar-refractivity contribution in [3.05, 3.63) is 91.0 Å². The summed E-state index contributed by atoms with van der Waals surface area (Å²) in [5, 5.41) is 3.03. The van der Waals surface area contributed by atoms with Crippen LogP contribution in [0.5, 0.6) is 0 Å². The molecule has 0 unspecified atom stereocenters. The fourth-order valence-corrected chi connectivity index (χ4v) is 5.56. The summed E-state index contributed by atoms with van der Waals surface area (Å²) in [6.45, 7) is 0. The second-order valence-electron chi connectivity index (χ2n) is 4.81. The number of benzene rings is 3. The summed E-state index contributed by atoms with van der Waals surface area (Å²) in [6.07, 6.45) is 0. The third-order valence-electron chi connectivity index (χ3n) is 3.57. The van der Waals surface area contributed by atoms with E-state index in [4.69, 9.17) is 0 Å². The summed E-state index contributed by atoms with van der Waals surface area (Å²) in [6, 6.07) is 30.0. The van der Waals surface area contributed by atoms with E-state index in [0.717, 1.165) is 15.6 Å². The maximum absolute atomic E-state index is 11.6. The molecule has 1 nitrogen and oxygen atoms in total. The summed E-state index contributed by atoms with van der Waals surface area (Å²) >= 11 is 0. The molecule has 1 N–H and O–H groups in total. The van der Waals surface area contributed by atoms with Crippen molar-refractivity contribution >= 4 is 23.9 Å². The predicted octanol–water partition coefficient (Wildman–Crippen LogP) is 1.64. The van der Waals surface area contributed by atoms with Gasteiger partial charge in [0.05, 0.1) is 0 Å². The fraction of sp³-hybridized carbons (Fsp3) is 0. The molecule has 0 aliphatic rings. The van der Waals surface area contributed by atoms with Crippen LogP contribution in [0.3, 0.4) is 0 Å². The molecule has 0 saturated carbocycles. The molecule has 0 aliphatic heterocycles. The SMILES string of the molecule is O[Si](c1ccccc1)(c1ccccc1)c1ccccc1.[Ti]. The van der Waals surface area contributed by atoms with Gasteiger partial charge >= 0.3 is 0 Å². The van der Waals surface area contributed by atoms with E-state index in [9.17, 15) is 4.80 Å². The average molecular weight is 324 g/mol. The van der Waals surface area contributed by atoms with Crippen molar-refractivity contribution in [2.75, 3.05) is 0 Å². The first-order chi connectivity index (χ1) is 9.82. The third-order valence-corrected chi connectivity index (χ3v) is 7.08. The molecule has 0 amide bonds. The van der Waals surface area contributed by atoms with Crippen molar-refractivity contribution in [1.82, 2.24) is 0 Å². The molecule has 3 aromatic carbocycles. The molecule has 3 aromatic rings. The normalized spacial score (nSPS) is 10.7. The first kappa shape index (κ1) is 15.9. The van der Waals surface area contributed by atoms with Crippen molar-refractivity contribution < 1.29 is 26.5 Å². The zero-order valence-corrected chi connectivity index (χ0v) is 14.2. The minimum Gasteiger partial charge on any atom is -0.421 e. The zero-order chi connectivity index (χ0) is 13.8. The van der Waals surface area contributed by atoms with Crippen LogP contribution in [0.2, 0.25) is 0 Å². The van der Waals surface area contributed by atoms with Gasteiger partial charge in [0.1, 0.15) is 0 Å². The van der Waals surface area contributed by atoms with E-state index in [-0.39, 0.29) is 21.7 Å². The number of hydrogen-bond acceptors (Lipinski definition) is 1. The molecule has 0 fully saturated rings. The van der Waals surface area contributed by atoms with Crippen LogP contribution in [0.1, 0.15) is 0 Å². The molecule has 21 heavy (non-hydrogen) atoms. The van der Waals surface area contributed by atoms with Gasteiger partial charge in [-0.05, 0) is 15.6 Å². The maximum Gasteiger partial charge on any atom is 0.285 e. The van der Waals surface area contributed by atoms with Crippen molar-refractivity contribution in [1.29, 1.82) is 0 Å². The Bertz CT molecular complexity index is 575. The maximum atomic E-state index is 11.6. The van der Waals surface area contributed by atoms with E-state index in [1.165, 1.54) is 0 Å². The van der Waals surface area contributed by atoms with E-state index in [1.54, 1.807) is 0 Å². The largest absolute Gasteiger partial charge is 0.421 e. The van der Waals surface area contributed by atoms with Crippen LogP contribution in [0.4, 0.5) is 0 Å². The van der Waals surface area contributed by atoms with Crippen LogP contribution < -0.4 is 15.6 Å². The molecule has 0 heterocycles. The minimum absolute atomic E-state index is 0. The molecule has 0 aromatic heterocycles. The van der Waals surface area contributed by atoms with Gasteiger partial charge in [-0.2, -0.15) is 0 Å². The second kappa shape index (κ2) is 7.01. The molecule has 0 saturated heterocycles. The molecule has 0 spiro atoms. The van der Waals surface area contributed by atoms with Crippen molar-refractivity contribution in [3.8, 4) is 0 Å². The Balaban J connectivity index is 0.00000161. The summed E-state index contributed by atoms with van der Waals surface area (Å²) in [7, 11) is -2.88. The van der Waals surface area contributed by atoms with Crippen LogP contribution in [0.15, 0.2) is 91.0 Å². The molecular formula is C18H16OSiTi. The van der Waals surface area contributed by atoms with Crippen LogP contribution in [-0.2, 0) is 21.7 Å². The van der Waals surface area contributed by atoms with E-state index >= 15 is 0 Å². The average Bonchev–Trinajstić information content (AvgIpc) is 2.56. The molecule has 102 valence electrons. The van der Waals surface area contributed by atoms with E-state index in [2.05, 4.69) is 0 Å². The smallest absolute Gasteiger partial charge is 0.285 e. The van der Waals surface area contributed by atoms with Crippen molar-refractivity contribution in [2.45, 2.75) is 0 Å². The van der Waals surface area contributed by atoms with Crippen LogP contribution in [0.25, 0.3) is 0 Å². The van der Waals surface area contributed by atoms with Gasteiger partial charge in [-0.1, -0.05) is 91.0 Å². The quantitative estimate of drug-likeness (QED) is 0.574. The van der Waals surface area contributed by atoms with Gasteiger partial charge in [-0.15, -0.1) is 0 Å². The first-order valence-electron chi connectivity index (χ1n) is 6.71. The Morgan fingerprint density at radius 2 is 0.714 bits per heavy atom. The molecular weight excluding hydrogens is 308 g/mol. The summed E-state index contributed by atoms with van der Waals surface area (Å²) in [5.74, 6) is 0. The van der Waals surface area contributed by atoms with Gasteiger partial charge in [-0.3, -0.25) is 0 Å². The molecule has 0 aliphatic carbocycles. The summed E-state index contributed by atoms with van der Waals surface area (Å²) in [5.41, 5.74) is 0. The van der Waals surface area contributed by atoms with Gasteiger partial charge in [0.15, 0.2) is 0 Å². The van der Waals surface area contributed by atoms with Gasteiger partial charge in [-0.25, -0.2) is 0 Å². The van der Waals surface area contributed by atoms with Gasteiger partial charge < -0.3 is 4.80 Å². The molecule has 3 heteroatoms. The number of rotatable bonds is 3. The molecule has 0 atom stereocenters.